The van der Waals surface area contributed by atoms with Gasteiger partial charge in [-0.25, -0.2) is 8.42 Å². The Morgan fingerprint density at radius 2 is 1.64 bits per heavy atom. The summed E-state index contributed by atoms with van der Waals surface area (Å²) in [7, 11) is -3.62. The summed E-state index contributed by atoms with van der Waals surface area (Å²) in [5.74, 6) is -0.117. The predicted molar refractivity (Wildman–Crippen MR) is 111 cm³/mol. The van der Waals surface area contributed by atoms with E-state index in [2.05, 4.69) is 10.2 Å². The third-order valence-corrected chi connectivity index (χ3v) is 7.70. The van der Waals surface area contributed by atoms with Crippen molar-refractivity contribution in [3.8, 4) is 0 Å². The highest BCUT2D eigenvalue weighted by Gasteiger charge is 2.39. The second-order valence-corrected chi connectivity index (χ2v) is 10.0. The topological polar surface area (TPSA) is 69.7 Å². The van der Waals surface area contributed by atoms with Gasteiger partial charge in [0.2, 0.25) is 15.9 Å². The fourth-order valence-corrected chi connectivity index (χ4v) is 5.27. The number of nitrogens with zero attached hydrogens (tertiary/aromatic N) is 2. The second-order valence-electron chi connectivity index (χ2n) is 7.65. The summed E-state index contributed by atoms with van der Waals surface area (Å²) in [6.45, 7) is 5.63. The zero-order valence-electron chi connectivity index (χ0n) is 15.8. The van der Waals surface area contributed by atoms with E-state index < -0.39 is 15.4 Å². The lowest BCUT2D eigenvalue weighted by Crippen LogP contribution is -2.48. The molecule has 0 unspecified atom stereocenters. The van der Waals surface area contributed by atoms with Crippen LogP contribution in [0.25, 0.3) is 0 Å². The quantitative estimate of drug-likeness (QED) is 0.830. The fraction of sp³-hybridized carbons (Fsp3) is 0.350. The molecule has 0 aliphatic carbocycles. The first-order valence-corrected chi connectivity index (χ1v) is 11.0. The molecule has 4 rings (SSSR count). The van der Waals surface area contributed by atoms with Crippen LogP contribution in [0.15, 0.2) is 47.4 Å². The molecule has 0 aromatic heterocycles. The minimum absolute atomic E-state index is 0.117. The van der Waals surface area contributed by atoms with Crippen LogP contribution < -0.4 is 10.2 Å². The molecule has 2 aliphatic rings. The zero-order chi connectivity index (χ0) is 20.1. The molecule has 0 radical (unpaired) electrons. The number of fused-ring (bicyclic) bond motifs is 1. The maximum atomic E-state index is 13.2. The van der Waals surface area contributed by atoms with Crippen LogP contribution in [-0.2, 0) is 20.2 Å². The molecule has 1 saturated heterocycles. The van der Waals surface area contributed by atoms with Gasteiger partial charge in [0.15, 0.2) is 0 Å². The second kappa shape index (κ2) is 6.76. The Labute approximate surface area is 170 Å². The zero-order valence-corrected chi connectivity index (χ0v) is 17.3. The maximum Gasteiger partial charge on any atom is 0.243 e. The van der Waals surface area contributed by atoms with Crippen molar-refractivity contribution in [3.63, 3.8) is 0 Å². The molecule has 0 spiro atoms. The van der Waals surface area contributed by atoms with E-state index in [1.807, 2.05) is 24.3 Å². The standard InChI is InChI=1S/C20H22ClN3O3S/c1-20(2)17-13-16(7-8-18(17)22-19(20)25)28(26,27)24-11-9-23(10-12-24)15-5-3-14(21)4-6-15/h3-8,13H,9-12H2,1-2H3,(H,22,25). The van der Waals surface area contributed by atoms with Gasteiger partial charge >= 0.3 is 0 Å². The number of carbonyl (C=O) groups is 1. The summed E-state index contributed by atoms with van der Waals surface area (Å²) in [5.41, 5.74) is 1.69. The van der Waals surface area contributed by atoms with Gasteiger partial charge in [-0.2, -0.15) is 4.31 Å². The number of piperazine rings is 1. The highest BCUT2D eigenvalue weighted by molar-refractivity contribution is 7.89. The van der Waals surface area contributed by atoms with Gasteiger partial charge in [0.25, 0.3) is 0 Å². The van der Waals surface area contributed by atoms with Gasteiger partial charge in [0.05, 0.1) is 10.3 Å². The Balaban J connectivity index is 1.53. The molecule has 1 fully saturated rings. The Morgan fingerprint density at radius 1 is 1.00 bits per heavy atom. The molecule has 1 amide bonds. The van der Waals surface area contributed by atoms with Crippen molar-refractivity contribution in [2.45, 2.75) is 24.2 Å². The molecule has 2 aromatic rings. The summed E-state index contributed by atoms with van der Waals surface area (Å²) in [4.78, 5) is 14.5. The maximum absolute atomic E-state index is 13.2. The van der Waals surface area contributed by atoms with Gasteiger partial charge in [-0.3, -0.25) is 4.79 Å². The molecular formula is C20H22ClN3O3S. The van der Waals surface area contributed by atoms with Crippen LogP contribution in [-0.4, -0.2) is 44.8 Å². The molecule has 8 heteroatoms. The minimum Gasteiger partial charge on any atom is -0.369 e. The molecule has 1 N–H and O–H groups in total. The number of halogens is 1. The number of anilines is 2. The van der Waals surface area contributed by atoms with E-state index in [-0.39, 0.29) is 10.8 Å². The van der Waals surface area contributed by atoms with Gasteiger partial charge in [-0.15, -0.1) is 0 Å². The molecule has 0 bridgehead atoms. The van der Waals surface area contributed by atoms with Gasteiger partial charge in [-0.05, 0) is 61.9 Å². The summed E-state index contributed by atoms with van der Waals surface area (Å²) in [5, 5.41) is 3.49. The van der Waals surface area contributed by atoms with Crippen LogP contribution in [0.4, 0.5) is 11.4 Å². The minimum atomic E-state index is -3.62. The van der Waals surface area contributed by atoms with Crippen molar-refractivity contribution in [1.29, 1.82) is 0 Å². The predicted octanol–water partition coefficient (Wildman–Crippen LogP) is 3.08. The molecule has 2 heterocycles. The smallest absolute Gasteiger partial charge is 0.243 e. The highest BCUT2D eigenvalue weighted by Crippen LogP contribution is 2.39. The number of sulfonamides is 1. The normalized spacial score (nSPS) is 19.4. The fourth-order valence-electron chi connectivity index (χ4n) is 3.70. The third kappa shape index (κ3) is 3.17. The SMILES string of the molecule is CC1(C)C(=O)Nc2ccc(S(=O)(=O)N3CCN(c4ccc(Cl)cc4)CC3)cc21. The first-order valence-electron chi connectivity index (χ1n) is 9.16. The van der Waals surface area contributed by atoms with Gasteiger partial charge in [0.1, 0.15) is 0 Å². The first kappa shape index (κ1) is 19.2. The van der Waals surface area contributed by atoms with Crippen LogP contribution in [0.1, 0.15) is 19.4 Å². The van der Waals surface area contributed by atoms with Crippen molar-refractivity contribution in [1.82, 2.24) is 4.31 Å². The average Bonchev–Trinajstić information content (AvgIpc) is 2.91. The van der Waals surface area contributed by atoms with Gasteiger partial charge < -0.3 is 10.2 Å². The number of nitrogens with one attached hydrogen (secondary N) is 1. The lowest BCUT2D eigenvalue weighted by Gasteiger charge is -2.35. The molecule has 0 saturated carbocycles. The first-order chi connectivity index (χ1) is 13.2. The molecule has 2 aromatic carbocycles. The van der Waals surface area contributed by atoms with E-state index in [1.54, 1.807) is 32.0 Å². The van der Waals surface area contributed by atoms with E-state index in [1.165, 1.54) is 4.31 Å². The van der Waals surface area contributed by atoms with E-state index in [0.717, 1.165) is 11.3 Å². The molecule has 6 nitrogen and oxygen atoms in total. The molecule has 0 atom stereocenters. The number of carbonyl (C=O) groups excluding carboxylic acids is 1. The largest absolute Gasteiger partial charge is 0.369 e. The van der Waals surface area contributed by atoms with E-state index >= 15 is 0 Å². The Kier molecular flexibility index (Phi) is 4.64. The van der Waals surface area contributed by atoms with Crippen LogP contribution >= 0.6 is 11.6 Å². The molecule has 2 aliphatic heterocycles. The van der Waals surface area contributed by atoms with Gasteiger partial charge in [0, 0.05) is 42.6 Å². The van der Waals surface area contributed by atoms with E-state index in [0.29, 0.717) is 36.9 Å². The number of rotatable bonds is 3. The molecule has 148 valence electrons. The Morgan fingerprint density at radius 3 is 2.29 bits per heavy atom. The summed E-state index contributed by atoms with van der Waals surface area (Å²) >= 11 is 5.94. The number of amides is 1. The molecular weight excluding hydrogens is 398 g/mol. The van der Waals surface area contributed by atoms with Gasteiger partial charge in [-0.1, -0.05) is 11.6 Å². The third-order valence-electron chi connectivity index (χ3n) is 5.55. The number of hydrogen-bond donors (Lipinski definition) is 1. The van der Waals surface area contributed by atoms with Crippen molar-refractivity contribution in [2.24, 2.45) is 0 Å². The van der Waals surface area contributed by atoms with Crippen LogP contribution in [0.3, 0.4) is 0 Å². The summed E-state index contributed by atoms with van der Waals surface area (Å²) < 4.78 is 27.8. The van der Waals surface area contributed by atoms with E-state index in [9.17, 15) is 13.2 Å². The molecule has 28 heavy (non-hydrogen) atoms. The summed E-state index contributed by atoms with van der Waals surface area (Å²) in [6.07, 6.45) is 0. The Hall–Kier alpha value is -2.09. The number of hydrogen-bond acceptors (Lipinski definition) is 4. The lowest BCUT2D eigenvalue weighted by molar-refractivity contribution is -0.119. The number of benzene rings is 2. The lowest BCUT2D eigenvalue weighted by atomic mass is 9.86. The summed E-state index contributed by atoms with van der Waals surface area (Å²) in [6, 6.07) is 12.4. The van der Waals surface area contributed by atoms with Crippen molar-refractivity contribution in [2.75, 3.05) is 36.4 Å². The van der Waals surface area contributed by atoms with Crippen LogP contribution in [0.2, 0.25) is 5.02 Å². The highest BCUT2D eigenvalue weighted by atomic mass is 35.5. The monoisotopic (exact) mass is 419 g/mol. The van der Waals surface area contributed by atoms with E-state index in [4.69, 9.17) is 11.6 Å². The Bertz CT molecular complexity index is 1030. The van der Waals surface area contributed by atoms with Crippen LogP contribution in [0.5, 0.6) is 0 Å². The van der Waals surface area contributed by atoms with Crippen molar-refractivity contribution < 1.29 is 13.2 Å². The van der Waals surface area contributed by atoms with Crippen molar-refractivity contribution >= 4 is 38.9 Å². The van der Waals surface area contributed by atoms with Crippen LogP contribution in [0, 0.1) is 0 Å². The average molecular weight is 420 g/mol. The van der Waals surface area contributed by atoms with Crippen molar-refractivity contribution in [3.05, 3.63) is 53.1 Å².